The first-order valence-corrected chi connectivity index (χ1v) is 11.4. The van der Waals surface area contributed by atoms with E-state index in [9.17, 15) is 4.79 Å². The lowest BCUT2D eigenvalue weighted by molar-refractivity contribution is -0.115. The second-order valence-corrected chi connectivity index (χ2v) is 8.09. The summed E-state index contributed by atoms with van der Waals surface area (Å²) in [6.07, 6.45) is 4.18. The van der Waals surface area contributed by atoms with Gasteiger partial charge in [-0.25, -0.2) is 0 Å². The normalized spacial score (nSPS) is 10.3. The number of aryl methyl sites for hydroxylation is 1. The highest BCUT2D eigenvalue weighted by Gasteiger charge is 2.21. The predicted octanol–water partition coefficient (Wildman–Crippen LogP) is 6.49. The van der Waals surface area contributed by atoms with Crippen LogP contribution in [-0.4, -0.2) is 22.6 Å². The first-order chi connectivity index (χ1) is 15.2. The fourth-order valence-corrected chi connectivity index (χ4v) is 2.77. The van der Waals surface area contributed by atoms with Gasteiger partial charge in [0, 0.05) is 35.3 Å². The molecular formula is C26H42N4O2. The topological polar surface area (TPSA) is 85.2 Å². The number of hydrogen-bond donors (Lipinski definition) is 1. The third-order valence-corrected chi connectivity index (χ3v) is 4.55. The number of aromatic nitrogens is 2. The average Bonchev–Trinajstić information content (AvgIpc) is 3.27. The first-order valence-electron chi connectivity index (χ1n) is 11.4. The van der Waals surface area contributed by atoms with Crippen molar-refractivity contribution in [2.45, 2.75) is 79.1 Å². The summed E-state index contributed by atoms with van der Waals surface area (Å²) in [6, 6.07) is 7.42. The Balaban J connectivity index is 0.00000227. The van der Waals surface area contributed by atoms with E-state index < -0.39 is 0 Å². The smallest absolute Gasteiger partial charge is 0.253 e. The Morgan fingerprint density at radius 2 is 1.81 bits per heavy atom. The Bertz CT molecular complexity index is 821. The molecule has 1 amide bonds. The summed E-state index contributed by atoms with van der Waals surface area (Å²) in [5.41, 5.74) is 7.82. The highest BCUT2D eigenvalue weighted by atomic mass is 16.5. The van der Waals surface area contributed by atoms with E-state index in [0.717, 1.165) is 37.2 Å². The number of nitrogen functional groups attached to an aromatic ring is 1. The van der Waals surface area contributed by atoms with E-state index in [0.29, 0.717) is 30.1 Å². The molecule has 0 fully saturated rings. The standard InChI is InChI=1S/C22H32N4O2.C2H6.C2H4/c1-6-16(2)20(27)26(18-12-10-11-17(23)15-18)14-9-7-8-13-19-24-21(28-25-19)22(3,4)5;2*1-2/h10-12,15H,2,6-9,13-14,23H2,1,3-5H3;1-2H3;1-2H2. The van der Waals surface area contributed by atoms with Crippen LogP contribution in [0.1, 0.15) is 78.9 Å². The van der Waals surface area contributed by atoms with Gasteiger partial charge in [0.25, 0.3) is 5.91 Å². The molecule has 0 saturated carbocycles. The van der Waals surface area contributed by atoms with Crippen molar-refractivity contribution in [2.24, 2.45) is 0 Å². The van der Waals surface area contributed by atoms with E-state index in [1.807, 2.05) is 45.0 Å². The minimum atomic E-state index is -0.134. The van der Waals surface area contributed by atoms with E-state index in [1.54, 1.807) is 4.90 Å². The molecule has 2 N–H and O–H groups in total. The summed E-state index contributed by atoms with van der Waals surface area (Å²) in [5, 5.41) is 4.06. The summed E-state index contributed by atoms with van der Waals surface area (Å²) in [4.78, 5) is 19.0. The van der Waals surface area contributed by atoms with Gasteiger partial charge in [-0.2, -0.15) is 4.98 Å². The number of benzene rings is 1. The second kappa shape index (κ2) is 15.0. The van der Waals surface area contributed by atoms with Crippen molar-refractivity contribution in [2.75, 3.05) is 17.2 Å². The number of amides is 1. The summed E-state index contributed by atoms with van der Waals surface area (Å²) in [6.45, 7) is 22.6. The molecule has 0 spiro atoms. The summed E-state index contributed by atoms with van der Waals surface area (Å²) < 4.78 is 5.33. The fourth-order valence-electron chi connectivity index (χ4n) is 2.77. The quantitative estimate of drug-likeness (QED) is 0.208. The molecule has 178 valence electrons. The molecule has 0 radical (unpaired) electrons. The van der Waals surface area contributed by atoms with Gasteiger partial charge in [-0.05, 0) is 37.5 Å². The SMILES string of the molecule is C=C.C=C(CC)C(=O)N(CCCCCc1noc(C(C)(C)C)n1)c1cccc(N)c1.CC. The molecule has 2 rings (SSSR count). The van der Waals surface area contributed by atoms with Crippen LogP contribution in [0, 0.1) is 0 Å². The minimum Gasteiger partial charge on any atom is -0.399 e. The Hall–Kier alpha value is -2.89. The van der Waals surface area contributed by atoms with Gasteiger partial charge in [0.15, 0.2) is 5.82 Å². The van der Waals surface area contributed by atoms with Crippen LogP contribution < -0.4 is 10.6 Å². The van der Waals surface area contributed by atoms with Gasteiger partial charge in [0.1, 0.15) is 0 Å². The number of unbranched alkanes of at least 4 members (excludes halogenated alkanes) is 2. The Kier molecular flexibility index (Phi) is 13.6. The van der Waals surface area contributed by atoms with E-state index in [1.165, 1.54) is 0 Å². The van der Waals surface area contributed by atoms with Crippen molar-refractivity contribution in [1.29, 1.82) is 0 Å². The van der Waals surface area contributed by atoms with Gasteiger partial charge in [-0.3, -0.25) is 4.79 Å². The molecule has 0 saturated heterocycles. The van der Waals surface area contributed by atoms with Crippen molar-refractivity contribution in [1.82, 2.24) is 10.1 Å². The molecule has 0 aliphatic heterocycles. The van der Waals surface area contributed by atoms with Crippen LogP contribution in [-0.2, 0) is 16.6 Å². The molecule has 0 unspecified atom stereocenters. The fraction of sp³-hybridized carbons (Fsp3) is 0.500. The first kappa shape index (κ1) is 29.1. The van der Waals surface area contributed by atoms with E-state index in [2.05, 4.69) is 50.6 Å². The van der Waals surface area contributed by atoms with Gasteiger partial charge in [0.05, 0.1) is 0 Å². The second-order valence-electron chi connectivity index (χ2n) is 8.09. The third-order valence-electron chi connectivity index (χ3n) is 4.55. The van der Waals surface area contributed by atoms with Gasteiger partial charge in [0.2, 0.25) is 5.89 Å². The molecule has 0 aliphatic carbocycles. The third kappa shape index (κ3) is 9.50. The predicted molar refractivity (Wildman–Crippen MR) is 136 cm³/mol. The molecule has 0 atom stereocenters. The van der Waals surface area contributed by atoms with Crippen molar-refractivity contribution >= 4 is 17.3 Å². The lowest BCUT2D eigenvalue weighted by Gasteiger charge is -2.24. The van der Waals surface area contributed by atoms with Crippen LogP contribution >= 0.6 is 0 Å². The number of anilines is 2. The minimum absolute atomic E-state index is 0.0407. The number of nitrogens with zero attached hydrogens (tertiary/aromatic N) is 3. The van der Waals surface area contributed by atoms with Crippen LogP contribution in [0.5, 0.6) is 0 Å². The number of hydrogen-bond acceptors (Lipinski definition) is 5. The van der Waals surface area contributed by atoms with Gasteiger partial charge < -0.3 is 15.2 Å². The zero-order valence-electron chi connectivity index (χ0n) is 20.9. The molecule has 6 heteroatoms. The van der Waals surface area contributed by atoms with Crippen LogP contribution in [0.2, 0.25) is 0 Å². The Morgan fingerprint density at radius 1 is 1.16 bits per heavy atom. The van der Waals surface area contributed by atoms with E-state index in [-0.39, 0.29) is 11.3 Å². The molecular weight excluding hydrogens is 400 g/mol. The van der Waals surface area contributed by atoms with Crippen molar-refractivity contribution in [3.05, 3.63) is 61.3 Å². The lowest BCUT2D eigenvalue weighted by Crippen LogP contribution is -2.32. The summed E-state index contributed by atoms with van der Waals surface area (Å²) in [5.74, 6) is 1.37. The van der Waals surface area contributed by atoms with Crippen LogP contribution in [0.25, 0.3) is 0 Å². The highest BCUT2D eigenvalue weighted by molar-refractivity contribution is 6.05. The Morgan fingerprint density at radius 3 is 2.34 bits per heavy atom. The molecule has 1 aromatic carbocycles. The van der Waals surface area contributed by atoms with Crippen LogP contribution in [0.3, 0.4) is 0 Å². The average molecular weight is 443 g/mol. The zero-order valence-corrected chi connectivity index (χ0v) is 20.9. The molecule has 2 aromatic rings. The van der Waals surface area contributed by atoms with Crippen molar-refractivity contribution < 1.29 is 9.32 Å². The molecule has 1 aromatic heterocycles. The van der Waals surface area contributed by atoms with Crippen molar-refractivity contribution in [3.8, 4) is 0 Å². The van der Waals surface area contributed by atoms with E-state index >= 15 is 0 Å². The highest BCUT2D eigenvalue weighted by Crippen LogP contribution is 2.22. The number of carbonyl (C=O) groups is 1. The van der Waals surface area contributed by atoms with Gasteiger partial charge >= 0.3 is 0 Å². The maximum atomic E-state index is 12.7. The monoisotopic (exact) mass is 442 g/mol. The maximum Gasteiger partial charge on any atom is 0.253 e. The maximum absolute atomic E-state index is 12.7. The zero-order chi connectivity index (χ0) is 24.7. The van der Waals surface area contributed by atoms with Crippen molar-refractivity contribution in [3.63, 3.8) is 0 Å². The molecule has 0 aliphatic rings. The largest absolute Gasteiger partial charge is 0.399 e. The van der Waals surface area contributed by atoms with Gasteiger partial charge in [-0.15, -0.1) is 13.2 Å². The number of rotatable bonds is 9. The molecule has 6 nitrogen and oxygen atoms in total. The van der Waals surface area contributed by atoms with Gasteiger partial charge in [-0.1, -0.05) is 65.8 Å². The number of nitrogens with two attached hydrogens (primary N) is 1. The lowest BCUT2D eigenvalue weighted by atomic mass is 9.97. The molecule has 32 heavy (non-hydrogen) atoms. The van der Waals surface area contributed by atoms with E-state index in [4.69, 9.17) is 10.3 Å². The Labute approximate surface area is 194 Å². The van der Waals surface area contributed by atoms with Crippen LogP contribution in [0.4, 0.5) is 11.4 Å². The number of carbonyl (C=O) groups excluding carboxylic acids is 1. The molecule has 0 bridgehead atoms. The molecule has 1 heterocycles. The summed E-state index contributed by atoms with van der Waals surface area (Å²) >= 11 is 0. The summed E-state index contributed by atoms with van der Waals surface area (Å²) in [7, 11) is 0. The van der Waals surface area contributed by atoms with Crippen LogP contribution in [0.15, 0.2) is 54.1 Å².